The van der Waals surface area contributed by atoms with Crippen molar-refractivity contribution in [2.24, 2.45) is 0 Å². The third-order valence-corrected chi connectivity index (χ3v) is 7.38. The van der Waals surface area contributed by atoms with Crippen LogP contribution in [0.2, 0.25) is 0 Å². The number of nitrogens with zero attached hydrogens (tertiary/aromatic N) is 3. The predicted octanol–water partition coefficient (Wildman–Crippen LogP) is 3.98. The fourth-order valence-corrected chi connectivity index (χ4v) is 5.35. The van der Waals surface area contributed by atoms with E-state index in [0.29, 0.717) is 36.7 Å². The summed E-state index contributed by atoms with van der Waals surface area (Å²) in [5.41, 5.74) is 2.49. The Labute approximate surface area is 204 Å². The zero-order chi connectivity index (χ0) is 22.8. The van der Waals surface area contributed by atoms with Crippen molar-refractivity contribution in [2.45, 2.75) is 24.0 Å². The summed E-state index contributed by atoms with van der Waals surface area (Å²) >= 11 is 4.84. The minimum absolute atomic E-state index is 0.0588. The normalized spacial score (nSPS) is 16.0. The van der Waals surface area contributed by atoms with Crippen LogP contribution in [0.15, 0.2) is 63.1 Å². The fourth-order valence-electron chi connectivity index (χ4n) is 4.08. The molecule has 9 heteroatoms. The number of carbonyl (C=O) groups is 2. The second-order valence-electron chi connectivity index (χ2n) is 7.98. The van der Waals surface area contributed by atoms with E-state index in [4.69, 9.17) is 4.74 Å². The van der Waals surface area contributed by atoms with E-state index in [-0.39, 0.29) is 17.9 Å². The molecule has 33 heavy (non-hydrogen) atoms. The van der Waals surface area contributed by atoms with E-state index < -0.39 is 0 Å². The third-order valence-electron chi connectivity index (χ3n) is 5.80. The number of piperidine rings is 1. The van der Waals surface area contributed by atoms with Crippen LogP contribution in [-0.4, -0.2) is 58.4 Å². The zero-order valence-electron chi connectivity index (χ0n) is 17.9. The lowest BCUT2D eigenvalue weighted by Gasteiger charge is -2.32. The van der Waals surface area contributed by atoms with Crippen LogP contribution in [0.25, 0.3) is 11.7 Å². The monoisotopic (exact) mass is 526 g/mol. The molecule has 0 bridgehead atoms. The van der Waals surface area contributed by atoms with E-state index in [1.807, 2.05) is 57.8 Å². The number of hydrogen-bond donors (Lipinski definition) is 1. The molecular weight excluding hydrogens is 504 g/mol. The quantitative estimate of drug-likeness (QED) is 0.491. The summed E-state index contributed by atoms with van der Waals surface area (Å²) in [4.78, 5) is 32.2. The SMILES string of the molecule is O=C(NCCOC1CCN(C(=O)c2ccc(Br)cc2)CC1)C1=Cc2cnc3cccc(n23)S1. The van der Waals surface area contributed by atoms with Gasteiger partial charge < -0.3 is 15.0 Å². The highest BCUT2D eigenvalue weighted by atomic mass is 79.9. The average Bonchev–Trinajstić information content (AvgIpc) is 3.26. The first-order chi connectivity index (χ1) is 16.1. The van der Waals surface area contributed by atoms with Gasteiger partial charge in [-0.25, -0.2) is 4.98 Å². The highest BCUT2D eigenvalue weighted by Crippen LogP contribution is 2.34. The Hall–Kier alpha value is -2.62. The van der Waals surface area contributed by atoms with E-state index in [0.717, 1.165) is 33.7 Å². The van der Waals surface area contributed by atoms with Crippen LogP contribution in [0, 0.1) is 0 Å². The van der Waals surface area contributed by atoms with Gasteiger partial charge in [0.25, 0.3) is 11.8 Å². The molecule has 0 atom stereocenters. The number of carbonyl (C=O) groups excluding carboxylic acids is 2. The molecule has 170 valence electrons. The molecule has 2 aliphatic rings. The summed E-state index contributed by atoms with van der Waals surface area (Å²) in [6, 6.07) is 13.3. The van der Waals surface area contributed by atoms with Gasteiger partial charge >= 0.3 is 0 Å². The number of likely N-dealkylation sites (tertiary alicyclic amines) is 1. The van der Waals surface area contributed by atoms with Crippen molar-refractivity contribution in [3.8, 4) is 0 Å². The number of pyridine rings is 1. The Kier molecular flexibility index (Phi) is 6.52. The van der Waals surface area contributed by atoms with Gasteiger partial charge in [-0.05, 0) is 55.3 Å². The van der Waals surface area contributed by atoms with E-state index in [2.05, 4.69) is 26.2 Å². The lowest BCUT2D eigenvalue weighted by Crippen LogP contribution is -2.41. The maximum Gasteiger partial charge on any atom is 0.258 e. The van der Waals surface area contributed by atoms with E-state index in [1.54, 1.807) is 6.20 Å². The number of hydrogen-bond acceptors (Lipinski definition) is 5. The Morgan fingerprint density at radius 1 is 1.15 bits per heavy atom. The second-order valence-corrected chi connectivity index (χ2v) is 9.95. The Bertz CT molecular complexity index is 1220. The molecule has 0 unspecified atom stereocenters. The van der Waals surface area contributed by atoms with Gasteiger partial charge in [0.05, 0.1) is 34.5 Å². The first-order valence-electron chi connectivity index (χ1n) is 10.9. The fraction of sp³-hybridized carbons (Fsp3) is 0.292. The van der Waals surface area contributed by atoms with Gasteiger partial charge in [-0.1, -0.05) is 33.8 Å². The topological polar surface area (TPSA) is 75.9 Å². The van der Waals surface area contributed by atoms with Crippen molar-refractivity contribution in [2.75, 3.05) is 26.2 Å². The average molecular weight is 527 g/mol. The van der Waals surface area contributed by atoms with Gasteiger partial charge in [0, 0.05) is 29.7 Å². The van der Waals surface area contributed by atoms with Crippen LogP contribution < -0.4 is 5.32 Å². The third kappa shape index (κ3) is 4.85. The molecule has 1 aromatic carbocycles. The number of ether oxygens (including phenoxy) is 1. The maximum atomic E-state index is 12.6. The van der Waals surface area contributed by atoms with Gasteiger partial charge in [0.2, 0.25) is 0 Å². The largest absolute Gasteiger partial charge is 0.376 e. The summed E-state index contributed by atoms with van der Waals surface area (Å²) in [6.45, 7) is 2.24. The molecule has 1 N–H and O–H groups in total. The number of aromatic nitrogens is 2. The van der Waals surface area contributed by atoms with Crippen LogP contribution in [0.4, 0.5) is 0 Å². The molecular formula is C24H23BrN4O3S. The molecule has 0 aliphatic carbocycles. The van der Waals surface area contributed by atoms with Crippen molar-refractivity contribution in [1.29, 1.82) is 0 Å². The van der Waals surface area contributed by atoms with Crippen LogP contribution >= 0.6 is 27.7 Å². The number of amides is 2. The minimum Gasteiger partial charge on any atom is -0.376 e. The van der Waals surface area contributed by atoms with Crippen molar-refractivity contribution in [1.82, 2.24) is 19.6 Å². The second kappa shape index (κ2) is 9.70. The number of rotatable bonds is 6. The number of nitrogens with one attached hydrogen (secondary N) is 1. The lowest BCUT2D eigenvalue weighted by atomic mass is 10.1. The smallest absolute Gasteiger partial charge is 0.258 e. The molecule has 0 spiro atoms. The molecule has 0 saturated carbocycles. The van der Waals surface area contributed by atoms with Crippen LogP contribution in [0.1, 0.15) is 28.9 Å². The van der Waals surface area contributed by atoms with Gasteiger partial charge in [0.1, 0.15) is 5.65 Å². The summed E-state index contributed by atoms with van der Waals surface area (Å²) < 4.78 is 8.96. The standard InChI is InChI=1S/C24H23BrN4O3S/c25-17-6-4-16(5-7-17)24(31)28-11-8-19(9-12-28)32-13-10-26-23(30)20-14-18-15-27-21-2-1-3-22(33-20)29(18)21/h1-7,14-15,19H,8-13H2,(H,26,30). The number of benzene rings is 1. The minimum atomic E-state index is -0.108. The number of halogens is 1. The summed E-state index contributed by atoms with van der Waals surface area (Å²) in [5.74, 6) is -0.0496. The Morgan fingerprint density at radius 2 is 1.94 bits per heavy atom. The molecule has 1 saturated heterocycles. The Balaban J connectivity index is 1.05. The van der Waals surface area contributed by atoms with Gasteiger partial charge in [-0.2, -0.15) is 0 Å². The highest BCUT2D eigenvalue weighted by molar-refractivity contribution is 9.10. The maximum absolute atomic E-state index is 12.6. The van der Waals surface area contributed by atoms with Crippen LogP contribution in [0.5, 0.6) is 0 Å². The number of imidazole rings is 1. The van der Waals surface area contributed by atoms with Gasteiger partial charge in [-0.3, -0.25) is 14.0 Å². The number of thioether (sulfide) groups is 1. The molecule has 2 aromatic heterocycles. The van der Waals surface area contributed by atoms with Crippen molar-refractivity contribution >= 4 is 51.2 Å². The van der Waals surface area contributed by atoms with Crippen molar-refractivity contribution in [3.05, 3.63) is 69.3 Å². The lowest BCUT2D eigenvalue weighted by molar-refractivity contribution is -0.117. The van der Waals surface area contributed by atoms with Crippen LogP contribution in [0.3, 0.4) is 0 Å². The molecule has 7 nitrogen and oxygen atoms in total. The highest BCUT2D eigenvalue weighted by Gasteiger charge is 2.24. The van der Waals surface area contributed by atoms with Gasteiger partial charge in [-0.15, -0.1) is 0 Å². The predicted molar refractivity (Wildman–Crippen MR) is 131 cm³/mol. The first-order valence-corrected chi connectivity index (χ1v) is 12.5. The summed E-state index contributed by atoms with van der Waals surface area (Å²) in [6.07, 6.45) is 5.34. The molecule has 3 aromatic rings. The zero-order valence-corrected chi connectivity index (χ0v) is 20.3. The molecule has 4 heterocycles. The first kappa shape index (κ1) is 22.2. The van der Waals surface area contributed by atoms with E-state index in [9.17, 15) is 9.59 Å². The Morgan fingerprint density at radius 3 is 2.73 bits per heavy atom. The molecule has 0 radical (unpaired) electrons. The van der Waals surface area contributed by atoms with Crippen molar-refractivity contribution in [3.63, 3.8) is 0 Å². The van der Waals surface area contributed by atoms with E-state index >= 15 is 0 Å². The molecule has 5 rings (SSSR count). The summed E-state index contributed by atoms with van der Waals surface area (Å²) in [7, 11) is 0. The molecule has 2 aliphatic heterocycles. The van der Waals surface area contributed by atoms with Crippen molar-refractivity contribution < 1.29 is 14.3 Å². The van der Waals surface area contributed by atoms with Gasteiger partial charge in [0.15, 0.2) is 0 Å². The molecule has 2 amide bonds. The summed E-state index contributed by atoms with van der Waals surface area (Å²) in [5, 5.41) is 3.93. The van der Waals surface area contributed by atoms with E-state index in [1.165, 1.54) is 11.8 Å². The van der Waals surface area contributed by atoms with Crippen LogP contribution in [-0.2, 0) is 9.53 Å². The molecule has 1 fully saturated rings.